The van der Waals surface area contributed by atoms with Crippen molar-refractivity contribution in [2.45, 2.75) is 12.1 Å². The largest absolute Gasteiger partial charge is 0.390 e. The van der Waals surface area contributed by atoms with E-state index in [9.17, 15) is 5.11 Å². The van der Waals surface area contributed by atoms with Gasteiger partial charge in [-0.2, -0.15) is 0 Å². The fraction of sp³-hybridized carbons (Fsp3) is 0.667. The second kappa shape index (κ2) is 5.17. The van der Waals surface area contributed by atoms with Crippen molar-refractivity contribution < 1.29 is 5.11 Å². The van der Waals surface area contributed by atoms with Crippen LogP contribution in [0.4, 0.5) is 5.95 Å². The lowest BCUT2D eigenvalue weighted by molar-refractivity contribution is 0.0790. The molecule has 0 spiro atoms. The number of hydrogen-bond donors (Lipinski definition) is 2. The maximum atomic E-state index is 9.88. The predicted octanol–water partition coefficient (Wildman–Crippen LogP) is -1.07. The van der Waals surface area contributed by atoms with Crippen molar-refractivity contribution in [3.8, 4) is 0 Å². The summed E-state index contributed by atoms with van der Waals surface area (Å²) in [5.41, 5.74) is 0. The molecule has 98 valence electrons. The van der Waals surface area contributed by atoms with Gasteiger partial charge in [-0.3, -0.25) is 4.90 Å². The molecule has 1 aromatic rings. The van der Waals surface area contributed by atoms with Gasteiger partial charge in [0.1, 0.15) is 0 Å². The zero-order valence-electron chi connectivity index (χ0n) is 10.4. The zero-order valence-corrected chi connectivity index (χ0v) is 10.4. The Morgan fingerprint density at radius 3 is 2.44 bits per heavy atom. The third-order valence-corrected chi connectivity index (χ3v) is 3.77. The maximum absolute atomic E-state index is 9.88. The van der Waals surface area contributed by atoms with Crippen molar-refractivity contribution in [1.29, 1.82) is 0 Å². The van der Waals surface area contributed by atoms with Crippen LogP contribution in [0.5, 0.6) is 0 Å². The van der Waals surface area contributed by atoms with Gasteiger partial charge < -0.3 is 15.3 Å². The summed E-state index contributed by atoms with van der Waals surface area (Å²) in [5, 5.41) is 13.1. The molecule has 0 aliphatic carbocycles. The molecule has 3 heterocycles. The van der Waals surface area contributed by atoms with Crippen LogP contribution in [0.15, 0.2) is 18.5 Å². The van der Waals surface area contributed by atoms with Crippen molar-refractivity contribution in [2.24, 2.45) is 0 Å². The lowest BCUT2D eigenvalue weighted by Gasteiger charge is -2.38. The molecule has 2 aliphatic rings. The summed E-state index contributed by atoms with van der Waals surface area (Å²) in [6, 6.07) is 2.10. The summed E-state index contributed by atoms with van der Waals surface area (Å²) in [6.45, 7) is 5.37. The highest BCUT2D eigenvalue weighted by molar-refractivity contribution is 5.29. The normalized spacial score (nSPS) is 29.7. The first kappa shape index (κ1) is 11.8. The average molecular weight is 249 g/mol. The van der Waals surface area contributed by atoms with E-state index in [0.29, 0.717) is 6.54 Å². The summed E-state index contributed by atoms with van der Waals surface area (Å²) >= 11 is 0. The van der Waals surface area contributed by atoms with Gasteiger partial charge in [-0.1, -0.05) is 0 Å². The molecule has 0 amide bonds. The SMILES string of the molecule is O[C@H]1CNC[C@@H]1N1CCN(c2ncccn2)CC1. The molecule has 18 heavy (non-hydrogen) atoms. The minimum absolute atomic E-state index is 0.232. The molecule has 0 bridgehead atoms. The molecule has 2 fully saturated rings. The van der Waals surface area contributed by atoms with Crippen molar-refractivity contribution >= 4 is 5.95 Å². The van der Waals surface area contributed by atoms with Crippen LogP contribution in [0.25, 0.3) is 0 Å². The van der Waals surface area contributed by atoms with E-state index < -0.39 is 0 Å². The van der Waals surface area contributed by atoms with Gasteiger partial charge in [0.25, 0.3) is 0 Å². The first-order chi connectivity index (χ1) is 8.84. The van der Waals surface area contributed by atoms with Gasteiger partial charge in [-0.25, -0.2) is 9.97 Å². The van der Waals surface area contributed by atoms with Crippen LogP contribution in [-0.4, -0.2) is 71.4 Å². The van der Waals surface area contributed by atoms with Crippen molar-refractivity contribution in [3.63, 3.8) is 0 Å². The fourth-order valence-corrected chi connectivity index (χ4v) is 2.73. The quantitative estimate of drug-likeness (QED) is 0.696. The molecule has 1 aromatic heterocycles. The lowest BCUT2D eigenvalue weighted by Crippen LogP contribution is -2.54. The van der Waals surface area contributed by atoms with Gasteiger partial charge in [0.2, 0.25) is 5.95 Å². The third kappa shape index (κ3) is 2.31. The predicted molar refractivity (Wildman–Crippen MR) is 68.5 cm³/mol. The summed E-state index contributed by atoms with van der Waals surface area (Å²) in [5.74, 6) is 0.808. The number of aliphatic hydroxyl groups excluding tert-OH is 1. The number of aliphatic hydroxyl groups is 1. The number of β-amino-alcohol motifs (C(OH)–C–C–N with tert-alkyl or cyclic N) is 1. The van der Waals surface area contributed by atoms with Crippen molar-refractivity contribution in [3.05, 3.63) is 18.5 Å². The number of piperazine rings is 1. The number of nitrogens with zero attached hydrogens (tertiary/aromatic N) is 4. The standard InChI is InChI=1S/C12H19N5O/c18-11-9-13-8-10(11)16-4-6-17(7-5-16)12-14-2-1-3-15-12/h1-3,10-11,13,18H,4-9H2/t10-,11-/m0/s1. The van der Waals surface area contributed by atoms with Gasteiger partial charge in [-0.05, 0) is 6.07 Å². The topological polar surface area (TPSA) is 64.5 Å². The molecular weight excluding hydrogens is 230 g/mol. The van der Waals surface area contributed by atoms with Crippen LogP contribution in [-0.2, 0) is 0 Å². The van der Waals surface area contributed by atoms with E-state index in [1.165, 1.54) is 0 Å². The number of aromatic nitrogens is 2. The van der Waals surface area contributed by atoms with E-state index in [-0.39, 0.29) is 12.1 Å². The van der Waals surface area contributed by atoms with E-state index in [4.69, 9.17) is 0 Å². The van der Waals surface area contributed by atoms with Crippen LogP contribution in [0.1, 0.15) is 0 Å². The number of nitrogens with one attached hydrogen (secondary N) is 1. The molecule has 2 atom stereocenters. The summed E-state index contributed by atoms with van der Waals surface area (Å²) in [7, 11) is 0. The molecule has 2 aliphatic heterocycles. The molecule has 6 nitrogen and oxygen atoms in total. The molecule has 2 N–H and O–H groups in total. The molecule has 6 heteroatoms. The highest BCUT2D eigenvalue weighted by Gasteiger charge is 2.32. The smallest absolute Gasteiger partial charge is 0.225 e. The van der Waals surface area contributed by atoms with Gasteiger partial charge in [-0.15, -0.1) is 0 Å². The molecule has 3 rings (SSSR count). The Bertz CT molecular complexity index is 379. The van der Waals surface area contributed by atoms with E-state index in [0.717, 1.165) is 38.7 Å². The Hall–Kier alpha value is -1.24. The van der Waals surface area contributed by atoms with Crippen molar-refractivity contribution in [1.82, 2.24) is 20.2 Å². The second-order valence-corrected chi connectivity index (χ2v) is 4.86. The molecule has 0 unspecified atom stereocenters. The maximum Gasteiger partial charge on any atom is 0.225 e. The van der Waals surface area contributed by atoms with E-state index >= 15 is 0 Å². The number of anilines is 1. The van der Waals surface area contributed by atoms with E-state index in [1.54, 1.807) is 12.4 Å². The third-order valence-electron chi connectivity index (χ3n) is 3.77. The fourth-order valence-electron chi connectivity index (χ4n) is 2.73. The average Bonchev–Trinajstić information content (AvgIpc) is 2.86. The van der Waals surface area contributed by atoms with Gasteiger partial charge in [0.05, 0.1) is 6.10 Å². The van der Waals surface area contributed by atoms with Crippen LogP contribution >= 0.6 is 0 Å². The molecule has 2 saturated heterocycles. The van der Waals surface area contributed by atoms with Crippen LogP contribution in [0, 0.1) is 0 Å². The Morgan fingerprint density at radius 2 is 1.83 bits per heavy atom. The first-order valence-corrected chi connectivity index (χ1v) is 6.49. The van der Waals surface area contributed by atoms with Crippen LogP contribution in [0.2, 0.25) is 0 Å². The molecular formula is C12H19N5O. The Morgan fingerprint density at radius 1 is 1.11 bits per heavy atom. The van der Waals surface area contributed by atoms with E-state index in [2.05, 4.69) is 25.1 Å². The Balaban J connectivity index is 1.58. The van der Waals surface area contributed by atoms with Crippen LogP contribution in [0.3, 0.4) is 0 Å². The monoisotopic (exact) mass is 249 g/mol. The highest BCUT2D eigenvalue weighted by Crippen LogP contribution is 2.15. The van der Waals surface area contributed by atoms with Crippen molar-refractivity contribution in [2.75, 3.05) is 44.2 Å². The second-order valence-electron chi connectivity index (χ2n) is 4.86. The van der Waals surface area contributed by atoms with Gasteiger partial charge in [0.15, 0.2) is 0 Å². The first-order valence-electron chi connectivity index (χ1n) is 6.49. The molecule has 0 saturated carbocycles. The lowest BCUT2D eigenvalue weighted by atomic mass is 10.1. The number of rotatable bonds is 2. The molecule has 0 aromatic carbocycles. The Kier molecular flexibility index (Phi) is 3.40. The molecule has 0 radical (unpaired) electrons. The highest BCUT2D eigenvalue weighted by atomic mass is 16.3. The van der Waals surface area contributed by atoms with Gasteiger partial charge in [0, 0.05) is 57.7 Å². The van der Waals surface area contributed by atoms with Crippen LogP contribution < -0.4 is 10.2 Å². The van der Waals surface area contributed by atoms with E-state index in [1.807, 2.05) is 6.07 Å². The summed E-state index contributed by atoms with van der Waals surface area (Å²) < 4.78 is 0. The minimum Gasteiger partial charge on any atom is -0.390 e. The minimum atomic E-state index is -0.232. The number of hydrogen-bond acceptors (Lipinski definition) is 6. The zero-order chi connectivity index (χ0) is 12.4. The summed E-state index contributed by atoms with van der Waals surface area (Å²) in [6.07, 6.45) is 3.32. The van der Waals surface area contributed by atoms with Gasteiger partial charge >= 0.3 is 0 Å². The Labute approximate surface area is 107 Å². The summed E-state index contributed by atoms with van der Waals surface area (Å²) in [4.78, 5) is 13.1.